The van der Waals surface area contributed by atoms with Crippen LogP contribution in [0.25, 0.3) is 0 Å². The molecule has 0 saturated heterocycles. The highest BCUT2D eigenvalue weighted by molar-refractivity contribution is 5.68. The number of carbonyl (C=O) groups excluding carboxylic acids is 2. The Kier molecular flexibility index (Phi) is 5.81. The molecule has 0 aliphatic carbocycles. The number of rotatable bonds is 5. The number of amides is 2. The van der Waals surface area contributed by atoms with E-state index in [0.717, 1.165) is 0 Å². The van der Waals surface area contributed by atoms with Crippen LogP contribution in [-0.4, -0.2) is 41.9 Å². The van der Waals surface area contributed by atoms with Gasteiger partial charge in [0.05, 0.1) is 12.1 Å². The number of aliphatic hydroxyl groups is 1. The predicted octanol–water partition coefficient (Wildman–Crippen LogP) is 0.00650. The summed E-state index contributed by atoms with van der Waals surface area (Å²) in [5, 5.41) is 14.3. The van der Waals surface area contributed by atoms with Gasteiger partial charge in [0.25, 0.3) is 0 Å². The molecular formula is C10H20N2O4. The fraction of sp³-hybridized carbons (Fsp3) is 0.800. The molecule has 2 atom stereocenters. The summed E-state index contributed by atoms with van der Waals surface area (Å²) in [6, 6.07) is -0.498. The van der Waals surface area contributed by atoms with Crippen LogP contribution in [-0.2, 0) is 9.53 Å². The maximum absolute atomic E-state index is 11.3. The maximum Gasteiger partial charge on any atom is 0.407 e. The monoisotopic (exact) mass is 232 g/mol. The molecule has 0 heterocycles. The number of alkyl carbamates (subject to hydrolysis) is 1. The zero-order chi connectivity index (χ0) is 12.8. The minimum Gasteiger partial charge on any atom is -0.444 e. The Morgan fingerprint density at radius 2 is 2.06 bits per heavy atom. The van der Waals surface area contributed by atoms with Crippen molar-refractivity contribution in [2.75, 3.05) is 6.54 Å². The van der Waals surface area contributed by atoms with Gasteiger partial charge in [-0.2, -0.15) is 0 Å². The van der Waals surface area contributed by atoms with E-state index in [0.29, 0.717) is 6.41 Å². The molecule has 0 fully saturated rings. The molecule has 6 heteroatoms. The lowest BCUT2D eigenvalue weighted by Crippen LogP contribution is -2.47. The second-order valence-corrected chi connectivity index (χ2v) is 4.53. The Labute approximate surface area is 95.4 Å². The SMILES string of the molecule is C[C@H](NC(=O)OC(C)(C)C)C(O)CNC=O. The minimum atomic E-state index is -0.849. The van der Waals surface area contributed by atoms with Gasteiger partial charge in [-0.05, 0) is 27.7 Å². The molecule has 0 bridgehead atoms. The quantitative estimate of drug-likeness (QED) is 0.582. The molecule has 1 unspecified atom stereocenters. The van der Waals surface area contributed by atoms with Crippen molar-refractivity contribution in [2.24, 2.45) is 0 Å². The van der Waals surface area contributed by atoms with E-state index in [4.69, 9.17) is 4.74 Å². The number of ether oxygens (including phenoxy) is 1. The van der Waals surface area contributed by atoms with Crippen LogP contribution in [0.15, 0.2) is 0 Å². The molecule has 0 radical (unpaired) electrons. The van der Waals surface area contributed by atoms with Crippen molar-refractivity contribution in [3.05, 3.63) is 0 Å². The summed E-state index contributed by atoms with van der Waals surface area (Å²) >= 11 is 0. The second-order valence-electron chi connectivity index (χ2n) is 4.53. The molecule has 0 aliphatic heterocycles. The lowest BCUT2D eigenvalue weighted by atomic mass is 10.2. The summed E-state index contributed by atoms with van der Waals surface area (Å²) in [5.41, 5.74) is -0.574. The third kappa shape index (κ3) is 7.05. The van der Waals surface area contributed by atoms with Gasteiger partial charge in [-0.15, -0.1) is 0 Å². The first kappa shape index (κ1) is 14.7. The minimum absolute atomic E-state index is 0.0838. The van der Waals surface area contributed by atoms with Gasteiger partial charge in [-0.1, -0.05) is 0 Å². The molecule has 2 amide bonds. The van der Waals surface area contributed by atoms with Crippen LogP contribution in [0.2, 0.25) is 0 Å². The number of nitrogens with one attached hydrogen (secondary N) is 2. The largest absolute Gasteiger partial charge is 0.444 e. The zero-order valence-electron chi connectivity index (χ0n) is 10.1. The van der Waals surface area contributed by atoms with E-state index >= 15 is 0 Å². The molecule has 0 aromatic heterocycles. The van der Waals surface area contributed by atoms with Crippen molar-refractivity contribution in [2.45, 2.75) is 45.4 Å². The third-order valence-corrected chi connectivity index (χ3v) is 1.73. The lowest BCUT2D eigenvalue weighted by molar-refractivity contribution is -0.110. The molecule has 0 aromatic carbocycles. The Morgan fingerprint density at radius 1 is 1.50 bits per heavy atom. The van der Waals surface area contributed by atoms with Gasteiger partial charge in [0, 0.05) is 6.54 Å². The molecule has 16 heavy (non-hydrogen) atoms. The topological polar surface area (TPSA) is 87.7 Å². The molecule has 0 rings (SSSR count). The number of hydrogen-bond acceptors (Lipinski definition) is 4. The number of aliphatic hydroxyl groups excluding tert-OH is 1. The van der Waals surface area contributed by atoms with Crippen LogP contribution in [0.1, 0.15) is 27.7 Å². The average Bonchev–Trinajstić information content (AvgIpc) is 2.10. The zero-order valence-corrected chi connectivity index (χ0v) is 10.1. The first-order valence-electron chi connectivity index (χ1n) is 5.11. The van der Waals surface area contributed by atoms with Crippen LogP contribution in [0, 0.1) is 0 Å². The van der Waals surface area contributed by atoms with E-state index in [-0.39, 0.29) is 6.54 Å². The summed E-state index contributed by atoms with van der Waals surface area (Å²) in [6.07, 6.45) is -0.952. The first-order chi connectivity index (χ1) is 7.26. The normalized spacial score (nSPS) is 14.8. The van der Waals surface area contributed by atoms with Gasteiger partial charge < -0.3 is 20.5 Å². The van der Waals surface area contributed by atoms with Crippen LogP contribution >= 0.6 is 0 Å². The Bertz CT molecular complexity index is 237. The fourth-order valence-electron chi connectivity index (χ4n) is 0.935. The highest BCUT2D eigenvalue weighted by Crippen LogP contribution is 2.07. The van der Waals surface area contributed by atoms with Gasteiger partial charge in [0.1, 0.15) is 5.60 Å². The van der Waals surface area contributed by atoms with Crippen LogP contribution in [0.3, 0.4) is 0 Å². The Hall–Kier alpha value is -1.30. The summed E-state index contributed by atoms with van der Waals surface area (Å²) in [7, 11) is 0. The lowest BCUT2D eigenvalue weighted by Gasteiger charge is -2.24. The molecule has 6 nitrogen and oxygen atoms in total. The molecule has 0 aromatic rings. The van der Waals surface area contributed by atoms with Crippen molar-refractivity contribution < 1.29 is 19.4 Å². The fourth-order valence-corrected chi connectivity index (χ4v) is 0.935. The van der Waals surface area contributed by atoms with Crippen LogP contribution < -0.4 is 10.6 Å². The van der Waals surface area contributed by atoms with Gasteiger partial charge in [-0.25, -0.2) is 4.79 Å². The van der Waals surface area contributed by atoms with Gasteiger partial charge in [0.15, 0.2) is 0 Å². The molecule has 0 aliphatic rings. The van der Waals surface area contributed by atoms with Crippen LogP contribution in [0.5, 0.6) is 0 Å². The van der Waals surface area contributed by atoms with E-state index in [1.807, 2.05) is 0 Å². The van der Waals surface area contributed by atoms with Gasteiger partial charge in [-0.3, -0.25) is 4.79 Å². The summed E-state index contributed by atoms with van der Waals surface area (Å²) in [6.45, 7) is 6.96. The Balaban J connectivity index is 3.98. The van der Waals surface area contributed by atoms with Crippen molar-refractivity contribution in [1.82, 2.24) is 10.6 Å². The van der Waals surface area contributed by atoms with Gasteiger partial charge >= 0.3 is 6.09 Å². The van der Waals surface area contributed by atoms with Gasteiger partial charge in [0.2, 0.25) is 6.41 Å². The highest BCUT2D eigenvalue weighted by Gasteiger charge is 2.20. The van der Waals surface area contributed by atoms with E-state index in [9.17, 15) is 14.7 Å². The van der Waals surface area contributed by atoms with Crippen molar-refractivity contribution >= 4 is 12.5 Å². The number of hydrogen-bond donors (Lipinski definition) is 3. The van der Waals surface area contributed by atoms with Crippen LogP contribution in [0.4, 0.5) is 4.79 Å². The molecule has 0 saturated carbocycles. The number of carbonyl (C=O) groups is 2. The van der Waals surface area contributed by atoms with E-state index in [2.05, 4.69) is 10.6 Å². The average molecular weight is 232 g/mol. The van der Waals surface area contributed by atoms with E-state index in [1.165, 1.54) is 0 Å². The standard InChI is InChI=1S/C10H20N2O4/c1-7(8(14)5-11-6-13)12-9(15)16-10(2,3)4/h6-8,14H,5H2,1-4H3,(H,11,13)(H,12,15)/t7-,8?/m0/s1. The molecule has 94 valence electrons. The first-order valence-corrected chi connectivity index (χ1v) is 5.11. The molecule has 0 spiro atoms. The maximum atomic E-state index is 11.3. The summed E-state index contributed by atoms with van der Waals surface area (Å²) in [5.74, 6) is 0. The highest BCUT2D eigenvalue weighted by atomic mass is 16.6. The van der Waals surface area contributed by atoms with E-state index in [1.54, 1.807) is 27.7 Å². The summed E-state index contributed by atoms with van der Waals surface area (Å²) < 4.78 is 5.01. The van der Waals surface area contributed by atoms with Crippen molar-refractivity contribution in [3.8, 4) is 0 Å². The Morgan fingerprint density at radius 3 is 2.50 bits per heavy atom. The van der Waals surface area contributed by atoms with Crippen molar-refractivity contribution in [1.29, 1.82) is 0 Å². The molecular weight excluding hydrogens is 212 g/mol. The predicted molar refractivity (Wildman–Crippen MR) is 58.9 cm³/mol. The van der Waals surface area contributed by atoms with E-state index < -0.39 is 23.8 Å². The van der Waals surface area contributed by atoms with Crippen molar-refractivity contribution in [3.63, 3.8) is 0 Å². The molecule has 3 N–H and O–H groups in total. The second kappa shape index (κ2) is 6.32. The third-order valence-electron chi connectivity index (χ3n) is 1.73. The smallest absolute Gasteiger partial charge is 0.407 e. The summed E-state index contributed by atoms with van der Waals surface area (Å²) in [4.78, 5) is 21.3.